The van der Waals surface area contributed by atoms with E-state index >= 15 is 0 Å². The molecule has 0 aromatic rings. The van der Waals surface area contributed by atoms with E-state index in [0.29, 0.717) is 0 Å². The summed E-state index contributed by atoms with van der Waals surface area (Å²) in [5.74, 6) is 0.943. The van der Waals surface area contributed by atoms with Gasteiger partial charge in [-0.1, -0.05) is 26.2 Å². The maximum Gasteiger partial charge on any atom is 0.0223 e. The van der Waals surface area contributed by atoms with Crippen LogP contribution in [-0.4, -0.2) is 48.1 Å². The lowest BCUT2D eigenvalue weighted by Crippen LogP contribution is -2.46. The molecule has 3 fully saturated rings. The van der Waals surface area contributed by atoms with E-state index < -0.39 is 0 Å². The van der Waals surface area contributed by atoms with Crippen molar-refractivity contribution in [2.24, 2.45) is 5.92 Å². The van der Waals surface area contributed by atoms with Crippen molar-refractivity contribution in [1.29, 1.82) is 0 Å². The van der Waals surface area contributed by atoms with E-state index in [4.69, 9.17) is 0 Å². The predicted molar refractivity (Wildman–Crippen MR) is 72.2 cm³/mol. The van der Waals surface area contributed by atoms with E-state index in [9.17, 15) is 0 Å². The van der Waals surface area contributed by atoms with Crippen LogP contribution in [0.25, 0.3) is 0 Å². The molecule has 3 heterocycles. The van der Waals surface area contributed by atoms with Gasteiger partial charge < -0.3 is 0 Å². The number of nitrogens with zero attached hydrogens (tertiary/aromatic N) is 2. The molecule has 3 saturated heterocycles. The fourth-order valence-electron chi connectivity index (χ4n) is 4.38. The van der Waals surface area contributed by atoms with Gasteiger partial charge in [-0.25, -0.2) is 0 Å². The van der Waals surface area contributed by atoms with Gasteiger partial charge in [-0.15, -0.1) is 0 Å². The van der Waals surface area contributed by atoms with Gasteiger partial charge in [0.15, 0.2) is 0 Å². The smallest absolute Gasteiger partial charge is 0.0223 e. The zero-order valence-corrected chi connectivity index (χ0v) is 11.4. The summed E-state index contributed by atoms with van der Waals surface area (Å²) >= 11 is 0. The van der Waals surface area contributed by atoms with Gasteiger partial charge in [-0.05, 0) is 44.7 Å². The Morgan fingerprint density at radius 1 is 0.882 bits per heavy atom. The molecule has 3 rings (SSSR count). The third kappa shape index (κ3) is 2.39. The van der Waals surface area contributed by atoms with Crippen molar-refractivity contribution < 1.29 is 0 Å². The molecule has 0 amide bonds. The molecule has 0 unspecified atom stereocenters. The monoisotopic (exact) mass is 236 g/mol. The van der Waals surface area contributed by atoms with E-state index in [2.05, 4.69) is 16.7 Å². The van der Waals surface area contributed by atoms with E-state index in [1.165, 1.54) is 71.1 Å². The Hall–Kier alpha value is -0.0800. The average Bonchev–Trinajstić information content (AvgIpc) is 2.54. The molecular weight excluding hydrogens is 208 g/mol. The van der Waals surface area contributed by atoms with Crippen LogP contribution in [0.3, 0.4) is 0 Å². The Balaban J connectivity index is 1.77. The van der Waals surface area contributed by atoms with Crippen LogP contribution < -0.4 is 0 Å². The SMILES string of the molecule is CC[C@H]1CN2CCCC[C@@H]2CN2CCCC[C@@H]12. The summed E-state index contributed by atoms with van der Waals surface area (Å²) in [5.41, 5.74) is 0. The molecule has 3 atom stereocenters. The van der Waals surface area contributed by atoms with E-state index in [-0.39, 0.29) is 0 Å². The van der Waals surface area contributed by atoms with E-state index in [0.717, 1.165) is 18.0 Å². The number of hydrogen-bond donors (Lipinski definition) is 0. The molecular formula is C15H28N2. The highest BCUT2D eigenvalue weighted by Crippen LogP contribution is 2.32. The van der Waals surface area contributed by atoms with E-state index in [1.54, 1.807) is 0 Å². The topological polar surface area (TPSA) is 6.48 Å². The Kier molecular flexibility index (Phi) is 3.72. The molecule has 98 valence electrons. The fraction of sp³-hybridized carbons (Fsp3) is 1.00. The lowest BCUT2D eigenvalue weighted by atomic mass is 9.88. The zero-order valence-electron chi connectivity index (χ0n) is 11.4. The first kappa shape index (κ1) is 12.0. The van der Waals surface area contributed by atoms with Gasteiger partial charge in [0.05, 0.1) is 0 Å². The Morgan fingerprint density at radius 3 is 2.47 bits per heavy atom. The lowest BCUT2D eigenvalue weighted by molar-refractivity contribution is 0.105. The summed E-state index contributed by atoms with van der Waals surface area (Å²) in [7, 11) is 0. The number of piperidine rings is 2. The average molecular weight is 236 g/mol. The van der Waals surface area contributed by atoms with Crippen molar-refractivity contribution in [1.82, 2.24) is 9.80 Å². The van der Waals surface area contributed by atoms with Crippen molar-refractivity contribution >= 4 is 0 Å². The highest BCUT2D eigenvalue weighted by atomic mass is 15.3. The molecule has 0 aromatic heterocycles. The summed E-state index contributed by atoms with van der Waals surface area (Å²) in [6.07, 6.45) is 10.1. The van der Waals surface area contributed by atoms with Crippen LogP contribution in [0, 0.1) is 5.92 Å². The van der Waals surface area contributed by atoms with Gasteiger partial charge in [-0.3, -0.25) is 9.80 Å². The third-order valence-corrected chi connectivity index (χ3v) is 5.40. The molecule has 0 spiro atoms. The summed E-state index contributed by atoms with van der Waals surface area (Å²) in [6.45, 7) is 7.93. The highest BCUT2D eigenvalue weighted by molar-refractivity contribution is 4.93. The predicted octanol–water partition coefficient (Wildman–Crippen LogP) is 2.74. The minimum atomic E-state index is 0.890. The molecule has 0 saturated carbocycles. The van der Waals surface area contributed by atoms with Crippen LogP contribution in [0.1, 0.15) is 51.9 Å². The van der Waals surface area contributed by atoms with Gasteiger partial charge in [0.2, 0.25) is 0 Å². The number of fused-ring (bicyclic) bond motifs is 2. The Labute approximate surface area is 106 Å². The molecule has 0 aromatic carbocycles. The quantitative estimate of drug-likeness (QED) is 0.691. The van der Waals surface area contributed by atoms with Crippen LogP contribution in [0.15, 0.2) is 0 Å². The zero-order chi connectivity index (χ0) is 11.7. The summed E-state index contributed by atoms with van der Waals surface area (Å²) in [5, 5.41) is 0. The first-order valence-corrected chi connectivity index (χ1v) is 7.86. The highest BCUT2D eigenvalue weighted by Gasteiger charge is 2.37. The molecule has 0 bridgehead atoms. The normalized spacial score (nSPS) is 40.4. The number of hydrogen-bond acceptors (Lipinski definition) is 2. The standard InChI is InChI=1S/C15H28N2/c1-2-13-11-16-9-5-3-7-14(16)12-17-10-6-4-8-15(13)17/h13-15H,2-12H2,1H3/t13-,14+,15-/m0/s1. The van der Waals surface area contributed by atoms with Crippen LogP contribution in [-0.2, 0) is 0 Å². The largest absolute Gasteiger partial charge is 0.299 e. The number of rotatable bonds is 1. The van der Waals surface area contributed by atoms with Crippen LogP contribution in [0.5, 0.6) is 0 Å². The van der Waals surface area contributed by atoms with Crippen molar-refractivity contribution in [2.45, 2.75) is 64.0 Å². The molecule has 3 aliphatic rings. The van der Waals surface area contributed by atoms with Crippen molar-refractivity contribution in [3.63, 3.8) is 0 Å². The van der Waals surface area contributed by atoms with Gasteiger partial charge in [0.25, 0.3) is 0 Å². The van der Waals surface area contributed by atoms with Crippen LogP contribution in [0.4, 0.5) is 0 Å². The molecule has 17 heavy (non-hydrogen) atoms. The second-order valence-electron chi connectivity index (χ2n) is 6.37. The van der Waals surface area contributed by atoms with Crippen molar-refractivity contribution in [3.8, 4) is 0 Å². The van der Waals surface area contributed by atoms with Gasteiger partial charge in [0.1, 0.15) is 0 Å². The van der Waals surface area contributed by atoms with Gasteiger partial charge in [0, 0.05) is 25.2 Å². The summed E-state index contributed by atoms with van der Waals surface area (Å²) in [4.78, 5) is 5.68. The molecule has 2 heteroatoms. The Morgan fingerprint density at radius 2 is 1.65 bits per heavy atom. The molecule has 0 N–H and O–H groups in total. The molecule has 0 radical (unpaired) electrons. The lowest BCUT2D eigenvalue weighted by Gasteiger charge is -2.38. The van der Waals surface area contributed by atoms with E-state index in [1.807, 2.05) is 0 Å². The fourth-order valence-corrected chi connectivity index (χ4v) is 4.38. The van der Waals surface area contributed by atoms with Gasteiger partial charge >= 0.3 is 0 Å². The molecule has 2 nitrogen and oxygen atoms in total. The minimum absolute atomic E-state index is 0.890. The Bertz CT molecular complexity index is 237. The second-order valence-corrected chi connectivity index (χ2v) is 6.37. The first-order valence-electron chi connectivity index (χ1n) is 7.86. The van der Waals surface area contributed by atoms with Crippen molar-refractivity contribution in [2.75, 3.05) is 26.2 Å². The first-order chi connectivity index (χ1) is 8.38. The van der Waals surface area contributed by atoms with Crippen LogP contribution >= 0.6 is 0 Å². The van der Waals surface area contributed by atoms with Crippen molar-refractivity contribution in [3.05, 3.63) is 0 Å². The summed E-state index contributed by atoms with van der Waals surface area (Å²) in [6, 6.07) is 1.81. The molecule has 0 aliphatic carbocycles. The maximum atomic E-state index is 2.85. The van der Waals surface area contributed by atoms with Crippen LogP contribution in [0.2, 0.25) is 0 Å². The third-order valence-electron chi connectivity index (χ3n) is 5.40. The minimum Gasteiger partial charge on any atom is -0.299 e. The second kappa shape index (κ2) is 5.27. The molecule has 3 aliphatic heterocycles. The van der Waals surface area contributed by atoms with Gasteiger partial charge in [-0.2, -0.15) is 0 Å². The summed E-state index contributed by atoms with van der Waals surface area (Å²) < 4.78 is 0. The maximum absolute atomic E-state index is 2.85.